The van der Waals surface area contributed by atoms with Gasteiger partial charge in [-0.2, -0.15) is 0 Å². The van der Waals surface area contributed by atoms with Gasteiger partial charge in [0.2, 0.25) is 0 Å². The monoisotopic (exact) mass is 256 g/mol. The number of hydrogen-bond donors (Lipinski definition) is 2. The maximum atomic E-state index is 5.46. The number of rotatable bonds is 4. The van der Waals surface area contributed by atoms with Crippen molar-refractivity contribution in [2.45, 2.75) is 26.7 Å². The van der Waals surface area contributed by atoms with Crippen LogP contribution in [0.15, 0.2) is 54.6 Å². The van der Waals surface area contributed by atoms with E-state index in [1.807, 2.05) is 49.4 Å². The molecule has 0 aromatic heterocycles. The molecule has 2 nitrogen and oxygen atoms in total. The Morgan fingerprint density at radius 2 is 1.74 bits per heavy atom. The Bertz CT molecular complexity index is 435. The van der Waals surface area contributed by atoms with Crippen molar-refractivity contribution in [3.8, 4) is 0 Å². The molecule has 3 N–H and O–H groups in total. The quantitative estimate of drug-likeness (QED) is 0.625. The van der Waals surface area contributed by atoms with Gasteiger partial charge in [-0.05, 0) is 43.2 Å². The number of unbranched alkanes of at least 4 members (excludes halogenated alkanes) is 1. The number of hydrogen-bond acceptors (Lipinski definition) is 2. The second-order valence-electron chi connectivity index (χ2n) is 4.56. The number of nitrogen functional groups attached to an aromatic ring is 1. The van der Waals surface area contributed by atoms with E-state index in [1.54, 1.807) is 0 Å². The first-order valence-electron chi connectivity index (χ1n) is 6.83. The summed E-state index contributed by atoms with van der Waals surface area (Å²) in [4.78, 5) is 0. The Balaban J connectivity index is 0.000000200. The fourth-order valence-electron chi connectivity index (χ4n) is 1.64. The molecule has 0 aliphatic heterocycles. The van der Waals surface area contributed by atoms with Gasteiger partial charge in [-0.15, -0.1) is 0 Å². The molecule has 0 saturated carbocycles. The van der Waals surface area contributed by atoms with Crippen molar-refractivity contribution in [3.05, 3.63) is 60.2 Å². The van der Waals surface area contributed by atoms with E-state index in [9.17, 15) is 0 Å². The largest absolute Gasteiger partial charge is 0.399 e. The molecule has 0 bridgehead atoms. The van der Waals surface area contributed by atoms with Crippen LogP contribution in [-0.4, -0.2) is 6.54 Å². The Morgan fingerprint density at radius 1 is 1.00 bits per heavy atom. The Hall–Kier alpha value is -1.96. The lowest BCUT2D eigenvalue weighted by molar-refractivity contribution is 0.834. The average molecular weight is 256 g/mol. The molecule has 2 aromatic carbocycles. The molecule has 0 heterocycles. The third-order valence-corrected chi connectivity index (χ3v) is 2.68. The molecule has 0 saturated heterocycles. The predicted octanol–water partition coefficient (Wildman–Crippen LogP) is 4.48. The summed E-state index contributed by atoms with van der Waals surface area (Å²) in [7, 11) is 0. The first kappa shape index (κ1) is 15.1. The third-order valence-electron chi connectivity index (χ3n) is 2.68. The zero-order valence-corrected chi connectivity index (χ0v) is 11.9. The summed E-state index contributed by atoms with van der Waals surface area (Å²) in [5.74, 6) is 0. The van der Waals surface area contributed by atoms with Crippen LogP contribution in [0.25, 0.3) is 0 Å². The maximum Gasteiger partial charge on any atom is 0.0340 e. The van der Waals surface area contributed by atoms with E-state index in [1.165, 1.54) is 24.1 Å². The van der Waals surface area contributed by atoms with Gasteiger partial charge in [-0.25, -0.2) is 0 Å². The van der Waals surface area contributed by atoms with Gasteiger partial charge < -0.3 is 11.1 Å². The number of anilines is 2. The topological polar surface area (TPSA) is 38.0 Å². The fraction of sp³-hybridized carbons (Fsp3) is 0.294. The van der Waals surface area contributed by atoms with Gasteiger partial charge >= 0.3 is 0 Å². The first-order valence-corrected chi connectivity index (χ1v) is 6.83. The minimum atomic E-state index is 0.838. The summed E-state index contributed by atoms with van der Waals surface area (Å²) < 4.78 is 0. The highest BCUT2D eigenvalue weighted by atomic mass is 14.9. The molecule has 0 atom stereocenters. The molecule has 19 heavy (non-hydrogen) atoms. The average Bonchev–Trinajstić information content (AvgIpc) is 2.41. The summed E-state index contributed by atoms with van der Waals surface area (Å²) in [5.41, 5.74) is 8.73. The standard InChI is InChI=1S/C10H15N.C7H9N/c1-2-3-9-11-10-7-5-4-6-8-10;1-6-3-2-4-7(8)5-6/h4-8,11H,2-3,9H2,1H3;2-5H,8H2,1H3. The molecule has 2 rings (SSSR count). The number of aryl methyl sites for hydroxylation is 1. The molecule has 0 aliphatic rings. The third kappa shape index (κ3) is 7.14. The summed E-state index contributed by atoms with van der Waals surface area (Å²) >= 11 is 0. The molecular weight excluding hydrogens is 232 g/mol. The fourth-order valence-corrected chi connectivity index (χ4v) is 1.64. The second-order valence-corrected chi connectivity index (χ2v) is 4.56. The Kier molecular flexibility index (Phi) is 7.18. The molecule has 0 amide bonds. The molecule has 0 radical (unpaired) electrons. The van der Waals surface area contributed by atoms with Crippen LogP contribution < -0.4 is 11.1 Å². The summed E-state index contributed by atoms with van der Waals surface area (Å²) in [6, 6.07) is 18.1. The van der Waals surface area contributed by atoms with Crippen LogP contribution in [0.4, 0.5) is 11.4 Å². The van der Waals surface area contributed by atoms with E-state index in [0.717, 1.165) is 12.2 Å². The maximum absolute atomic E-state index is 5.46. The van der Waals surface area contributed by atoms with Gasteiger partial charge in [0.05, 0.1) is 0 Å². The van der Waals surface area contributed by atoms with Crippen molar-refractivity contribution in [2.75, 3.05) is 17.6 Å². The molecule has 0 unspecified atom stereocenters. The number of para-hydroxylation sites is 1. The van der Waals surface area contributed by atoms with Gasteiger partial charge in [0.1, 0.15) is 0 Å². The van der Waals surface area contributed by atoms with Crippen molar-refractivity contribution in [1.29, 1.82) is 0 Å². The molecule has 0 spiro atoms. The number of nitrogens with one attached hydrogen (secondary N) is 1. The number of nitrogens with two attached hydrogens (primary N) is 1. The van der Waals surface area contributed by atoms with Gasteiger partial charge in [-0.3, -0.25) is 0 Å². The highest BCUT2D eigenvalue weighted by molar-refractivity contribution is 5.42. The van der Waals surface area contributed by atoms with E-state index < -0.39 is 0 Å². The molecule has 0 aliphatic carbocycles. The predicted molar refractivity (Wildman–Crippen MR) is 85.4 cm³/mol. The van der Waals surface area contributed by atoms with E-state index in [2.05, 4.69) is 24.4 Å². The van der Waals surface area contributed by atoms with Crippen LogP contribution in [0.1, 0.15) is 25.3 Å². The van der Waals surface area contributed by atoms with Crippen LogP contribution in [0.3, 0.4) is 0 Å². The summed E-state index contributed by atoms with van der Waals surface area (Å²) in [6.07, 6.45) is 2.49. The highest BCUT2D eigenvalue weighted by Gasteiger charge is 1.86. The molecule has 0 fully saturated rings. The Labute approximate surface area is 116 Å². The van der Waals surface area contributed by atoms with Gasteiger partial charge in [-0.1, -0.05) is 43.7 Å². The van der Waals surface area contributed by atoms with Crippen molar-refractivity contribution in [3.63, 3.8) is 0 Å². The molecular formula is C17H24N2. The van der Waals surface area contributed by atoms with E-state index in [0.29, 0.717) is 0 Å². The molecule has 2 heteroatoms. The van der Waals surface area contributed by atoms with Crippen LogP contribution >= 0.6 is 0 Å². The van der Waals surface area contributed by atoms with Crippen LogP contribution in [0.2, 0.25) is 0 Å². The van der Waals surface area contributed by atoms with Crippen molar-refractivity contribution < 1.29 is 0 Å². The lowest BCUT2D eigenvalue weighted by Crippen LogP contribution is -1.99. The van der Waals surface area contributed by atoms with Crippen LogP contribution in [0.5, 0.6) is 0 Å². The zero-order chi connectivity index (χ0) is 13.9. The smallest absolute Gasteiger partial charge is 0.0340 e. The second kappa shape index (κ2) is 9.03. The van der Waals surface area contributed by atoms with Gasteiger partial charge in [0.25, 0.3) is 0 Å². The highest BCUT2D eigenvalue weighted by Crippen LogP contribution is 2.04. The first-order chi connectivity index (χ1) is 9.22. The van der Waals surface area contributed by atoms with E-state index >= 15 is 0 Å². The van der Waals surface area contributed by atoms with Gasteiger partial charge in [0, 0.05) is 17.9 Å². The van der Waals surface area contributed by atoms with Crippen LogP contribution in [-0.2, 0) is 0 Å². The van der Waals surface area contributed by atoms with Crippen molar-refractivity contribution >= 4 is 11.4 Å². The number of benzene rings is 2. The Morgan fingerprint density at radius 3 is 2.26 bits per heavy atom. The minimum absolute atomic E-state index is 0.838. The zero-order valence-electron chi connectivity index (χ0n) is 11.9. The van der Waals surface area contributed by atoms with Crippen molar-refractivity contribution in [2.24, 2.45) is 0 Å². The molecule has 2 aromatic rings. The summed E-state index contributed by atoms with van der Waals surface area (Å²) in [6.45, 7) is 5.31. The van der Waals surface area contributed by atoms with Gasteiger partial charge in [0.15, 0.2) is 0 Å². The van der Waals surface area contributed by atoms with Crippen LogP contribution in [0, 0.1) is 6.92 Å². The minimum Gasteiger partial charge on any atom is -0.399 e. The molecule has 102 valence electrons. The summed E-state index contributed by atoms with van der Waals surface area (Å²) in [5, 5.41) is 3.35. The van der Waals surface area contributed by atoms with Crippen molar-refractivity contribution in [1.82, 2.24) is 0 Å². The van der Waals surface area contributed by atoms with E-state index in [4.69, 9.17) is 5.73 Å². The lowest BCUT2D eigenvalue weighted by atomic mass is 10.2. The lowest BCUT2D eigenvalue weighted by Gasteiger charge is -2.03. The SMILES string of the molecule is CCCCNc1ccccc1.Cc1cccc(N)c1. The normalized spacial score (nSPS) is 9.37. The van der Waals surface area contributed by atoms with E-state index in [-0.39, 0.29) is 0 Å².